The number of cyclic esters (lactones) is 1. The van der Waals surface area contributed by atoms with Crippen LogP contribution in [0.3, 0.4) is 0 Å². The van der Waals surface area contributed by atoms with Gasteiger partial charge in [-0.25, -0.2) is 9.79 Å². The number of carbonyl (C=O) groups excluding carboxylic acids is 1. The van der Waals surface area contributed by atoms with Crippen LogP contribution in [-0.4, -0.2) is 18.5 Å². The van der Waals surface area contributed by atoms with Crippen LogP contribution in [0.4, 0.5) is 0 Å². The van der Waals surface area contributed by atoms with E-state index in [1.807, 2.05) is 85.8 Å². The zero-order chi connectivity index (χ0) is 25.1. The molecule has 180 valence electrons. The van der Waals surface area contributed by atoms with Gasteiger partial charge in [-0.3, -0.25) is 0 Å². The molecule has 36 heavy (non-hydrogen) atoms. The summed E-state index contributed by atoms with van der Waals surface area (Å²) in [6.45, 7) is 2.79. The number of rotatable bonds is 7. The molecular formula is C29H21BrINO4. The van der Waals surface area contributed by atoms with E-state index in [1.165, 1.54) is 0 Å². The second-order valence-corrected chi connectivity index (χ2v) is 10.1. The maximum absolute atomic E-state index is 12.6. The Morgan fingerprint density at radius 3 is 2.56 bits per heavy atom. The monoisotopic (exact) mass is 653 g/mol. The van der Waals surface area contributed by atoms with Crippen molar-refractivity contribution in [2.24, 2.45) is 4.99 Å². The Labute approximate surface area is 231 Å². The van der Waals surface area contributed by atoms with Gasteiger partial charge in [0.1, 0.15) is 6.61 Å². The predicted molar refractivity (Wildman–Crippen MR) is 153 cm³/mol. The summed E-state index contributed by atoms with van der Waals surface area (Å²) in [4.78, 5) is 17.1. The average molecular weight is 654 g/mol. The van der Waals surface area contributed by atoms with Gasteiger partial charge in [0.25, 0.3) is 0 Å². The van der Waals surface area contributed by atoms with Crippen LogP contribution in [-0.2, 0) is 16.1 Å². The molecule has 1 heterocycles. The number of hydrogen-bond acceptors (Lipinski definition) is 5. The Balaban J connectivity index is 1.43. The van der Waals surface area contributed by atoms with Crippen LogP contribution >= 0.6 is 38.5 Å². The predicted octanol–water partition coefficient (Wildman–Crippen LogP) is 7.53. The van der Waals surface area contributed by atoms with Gasteiger partial charge in [0.2, 0.25) is 5.90 Å². The smallest absolute Gasteiger partial charge is 0.363 e. The van der Waals surface area contributed by atoms with Crippen molar-refractivity contribution in [3.8, 4) is 11.5 Å². The topological polar surface area (TPSA) is 57.1 Å². The lowest BCUT2D eigenvalue weighted by Crippen LogP contribution is -2.05. The van der Waals surface area contributed by atoms with Crippen molar-refractivity contribution in [1.29, 1.82) is 0 Å². The van der Waals surface area contributed by atoms with Crippen molar-refractivity contribution < 1.29 is 19.0 Å². The number of fused-ring (bicyclic) bond motifs is 1. The maximum Gasteiger partial charge on any atom is 0.363 e. The van der Waals surface area contributed by atoms with Crippen molar-refractivity contribution in [3.05, 3.63) is 109 Å². The van der Waals surface area contributed by atoms with E-state index in [4.69, 9.17) is 14.2 Å². The molecule has 0 N–H and O–H groups in total. The molecule has 0 aromatic heterocycles. The van der Waals surface area contributed by atoms with E-state index in [9.17, 15) is 4.79 Å². The van der Waals surface area contributed by atoms with Crippen molar-refractivity contribution in [1.82, 2.24) is 0 Å². The minimum Gasteiger partial charge on any atom is -0.490 e. The van der Waals surface area contributed by atoms with Gasteiger partial charge in [-0.2, -0.15) is 0 Å². The highest BCUT2D eigenvalue weighted by molar-refractivity contribution is 14.1. The van der Waals surface area contributed by atoms with Gasteiger partial charge >= 0.3 is 5.97 Å². The number of hydrogen-bond donors (Lipinski definition) is 0. The van der Waals surface area contributed by atoms with E-state index in [-0.39, 0.29) is 5.70 Å². The molecule has 0 amide bonds. The molecule has 0 aliphatic carbocycles. The largest absolute Gasteiger partial charge is 0.490 e. The maximum atomic E-state index is 12.6. The van der Waals surface area contributed by atoms with Crippen LogP contribution in [0.2, 0.25) is 0 Å². The first-order chi connectivity index (χ1) is 17.5. The van der Waals surface area contributed by atoms with Crippen molar-refractivity contribution in [2.75, 3.05) is 6.61 Å². The third kappa shape index (κ3) is 5.32. The highest BCUT2D eigenvalue weighted by atomic mass is 127. The van der Waals surface area contributed by atoms with Crippen LogP contribution in [0.25, 0.3) is 16.8 Å². The number of carbonyl (C=O) groups is 1. The van der Waals surface area contributed by atoms with Gasteiger partial charge in [0, 0.05) is 15.6 Å². The van der Waals surface area contributed by atoms with Crippen molar-refractivity contribution in [3.63, 3.8) is 0 Å². The quantitative estimate of drug-likeness (QED) is 0.118. The molecule has 0 radical (unpaired) electrons. The van der Waals surface area contributed by atoms with Crippen LogP contribution < -0.4 is 9.47 Å². The SMILES string of the molecule is CCOc1cc(C=C2N=C(c3ccc4ccccc4c3)OC2=O)cc(I)c1OCc1ccccc1Br. The number of halogens is 2. The molecule has 0 spiro atoms. The minimum absolute atomic E-state index is 0.235. The zero-order valence-corrected chi connectivity index (χ0v) is 23.1. The Hall–Kier alpha value is -3.17. The number of ether oxygens (including phenoxy) is 3. The number of esters is 1. The number of nitrogens with zero attached hydrogens (tertiary/aromatic N) is 1. The van der Waals surface area contributed by atoms with Crippen LogP contribution in [0.5, 0.6) is 11.5 Å². The Kier molecular flexibility index (Phi) is 7.38. The average Bonchev–Trinajstić information content (AvgIpc) is 3.24. The molecule has 0 bridgehead atoms. The van der Waals surface area contributed by atoms with E-state index in [0.717, 1.165) is 35.5 Å². The summed E-state index contributed by atoms with van der Waals surface area (Å²) in [6.07, 6.45) is 1.71. The first kappa shape index (κ1) is 24.5. The summed E-state index contributed by atoms with van der Waals surface area (Å²) >= 11 is 5.78. The molecule has 0 fully saturated rings. The molecule has 1 aliphatic heterocycles. The molecule has 0 atom stereocenters. The standard InChI is InChI=1S/C29H21BrINO4/c1-2-34-26-15-18(13-24(31)27(26)35-17-22-9-5-6-10-23(22)30)14-25-29(33)36-28(32-25)21-12-11-19-7-3-4-8-20(19)16-21/h3-16H,2,17H2,1H3. The molecule has 0 unspecified atom stereocenters. The van der Waals surface area contributed by atoms with Gasteiger partial charge in [-0.1, -0.05) is 64.5 Å². The van der Waals surface area contributed by atoms with Gasteiger partial charge in [-0.15, -0.1) is 0 Å². The first-order valence-corrected chi connectivity index (χ1v) is 13.2. The Morgan fingerprint density at radius 2 is 1.75 bits per heavy atom. The lowest BCUT2D eigenvalue weighted by Gasteiger charge is -2.15. The highest BCUT2D eigenvalue weighted by Gasteiger charge is 2.25. The summed E-state index contributed by atoms with van der Waals surface area (Å²) < 4.78 is 19.4. The van der Waals surface area contributed by atoms with Crippen molar-refractivity contribution >= 4 is 67.2 Å². The van der Waals surface area contributed by atoms with E-state index in [0.29, 0.717) is 30.6 Å². The molecule has 4 aromatic rings. The summed E-state index contributed by atoms with van der Waals surface area (Å²) in [6, 6.07) is 25.6. The van der Waals surface area contributed by atoms with Crippen LogP contribution in [0.15, 0.2) is 94.0 Å². The Bertz CT molecular complexity index is 1530. The van der Waals surface area contributed by atoms with Crippen molar-refractivity contribution in [2.45, 2.75) is 13.5 Å². The summed E-state index contributed by atoms with van der Waals surface area (Å²) in [5, 5.41) is 2.17. The molecule has 7 heteroatoms. The third-order valence-electron chi connectivity index (χ3n) is 5.58. The fourth-order valence-electron chi connectivity index (χ4n) is 3.85. The second-order valence-electron chi connectivity index (χ2n) is 8.04. The van der Waals surface area contributed by atoms with Gasteiger partial charge in [-0.05, 0) is 82.3 Å². The third-order valence-corrected chi connectivity index (χ3v) is 7.16. The fraction of sp³-hybridized carbons (Fsp3) is 0.103. The molecule has 4 aromatic carbocycles. The molecule has 0 saturated heterocycles. The minimum atomic E-state index is -0.486. The zero-order valence-electron chi connectivity index (χ0n) is 19.3. The second kappa shape index (κ2) is 10.8. The van der Waals surface area contributed by atoms with Crippen LogP contribution in [0.1, 0.15) is 23.6 Å². The molecule has 5 rings (SSSR count). The number of benzene rings is 4. The van der Waals surface area contributed by atoms with E-state index < -0.39 is 5.97 Å². The normalized spacial score (nSPS) is 14.1. The summed E-state index contributed by atoms with van der Waals surface area (Å²) in [7, 11) is 0. The summed E-state index contributed by atoms with van der Waals surface area (Å²) in [5.74, 6) is 1.07. The molecule has 1 aliphatic rings. The van der Waals surface area contributed by atoms with Gasteiger partial charge < -0.3 is 14.2 Å². The molecule has 5 nitrogen and oxygen atoms in total. The van der Waals surface area contributed by atoms with E-state index >= 15 is 0 Å². The van der Waals surface area contributed by atoms with E-state index in [2.05, 4.69) is 43.5 Å². The highest BCUT2D eigenvalue weighted by Crippen LogP contribution is 2.36. The fourth-order valence-corrected chi connectivity index (χ4v) is 5.03. The lowest BCUT2D eigenvalue weighted by atomic mass is 10.1. The van der Waals surface area contributed by atoms with Gasteiger partial charge in [0.15, 0.2) is 17.2 Å². The molecule has 0 saturated carbocycles. The summed E-state index contributed by atoms with van der Waals surface area (Å²) in [5.41, 5.74) is 2.79. The van der Waals surface area contributed by atoms with Gasteiger partial charge in [0.05, 0.1) is 10.2 Å². The van der Waals surface area contributed by atoms with E-state index in [1.54, 1.807) is 6.08 Å². The lowest BCUT2D eigenvalue weighted by molar-refractivity contribution is -0.129. The number of aliphatic imine (C=N–C) groups is 1. The molecular weight excluding hydrogens is 633 g/mol. The Morgan fingerprint density at radius 1 is 0.972 bits per heavy atom. The van der Waals surface area contributed by atoms with Crippen LogP contribution in [0, 0.1) is 3.57 Å². The first-order valence-electron chi connectivity index (χ1n) is 11.4.